The number of hydrogen-bond acceptors (Lipinski definition) is 15. The van der Waals surface area contributed by atoms with E-state index in [0.29, 0.717) is 31.0 Å². The number of hydrazone groups is 1. The number of hydrogen-bond donors (Lipinski definition) is 6. The van der Waals surface area contributed by atoms with Crippen molar-refractivity contribution >= 4 is 40.3 Å². The Morgan fingerprint density at radius 3 is 2.23 bits per heavy atom. The number of esters is 1. The third kappa shape index (κ3) is 8.75. The number of piperazine rings is 1. The quantitative estimate of drug-likeness (QED) is 0.0488. The first kappa shape index (κ1) is 45.7. The number of carbonyl (C=O) groups excluding carboxylic acids is 3. The summed E-state index contributed by atoms with van der Waals surface area (Å²) in [5.74, 6) is -9.04. The monoisotopic (exact) mass is 838 g/mol. The van der Waals surface area contributed by atoms with Crippen molar-refractivity contribution in [1.29, 1.82) is 0 Å². The minimum absolute atomic E-state index is 0.00572. The number of aliphatic hydroxyl groups excluding tert-OH is 2. The lowest BCUT2D eigenvalue weighted by Gasteiger charge is -2.38. The van der Waals surface area contributed by atoms with Crippen LogP contribution in [0.25, 0.3) is 10.8 Å². The summed E-state index contributed by atoms with van der Waals surface area (Å²) >= 11 is 0. The summed E-state index contributed by atoms with van der Waals surface area (Å²) in [4.78, 5) is 43.1. The van der Waals surface area contributed by atoms with E-state index in [1.165, 1.54) is 58.2 Å². The number of aliphatic hydroxyl groups is 2. The molecule has 4 aliphatic heterocycles. The molecule has 17 nitrogen and oxygen atoms in total. The normalized spacial score (nSPS) is 31.9. The molecule has 2 aromatic rings. The minimum Gasteiger partial charge on any atom is -0.596 e. The number of allylic oxidation sites excluding steroid dienone is 2. The predicted molar refractivity (Wildman–Crippen MR) is 222 cm³/mol. The summed E-state index contributed by atoms with van der Waals surface area (Å²) < 4.78 is 23.5. The van der Waals surface area contributed by atoms with Gasteiger partial charge in [-0.2, -0.15) is 5.01 Å². The number of benzene rings is 2. The first-order valence-electron chi connectivity index (χ1n) is 20.0. The summed E-state index contributed by atoms with van der Waals surface area (Å²) in [6, 6.07) is 0. The Hall–Kier alpha value is -5.36. The number of likely N-dealkylation sites (N-methyl/N-ethyl adjacent to an activating group) is 1. The fourth-order valence-electron chi connectivity index (χ4n) is 8.06. The Labute approximate surface area is 349 Å². The third-order valence-electron chi connectivity index (χ3n) is 12.0. The molecule has 60 heavy (non-hydrogen) atoms. The highest BCUT2D eigenvalue weighted by atomic mass is 16.7. The Balaban J connectivity index is 1.73. The van der Waals surface area contributed by atoms with Crippen LogP contribution in [0.15, 0.2) is 36.1 Å². The SMILES string of the molecule is CO[C@H]1/C=C/O[C@@]2(C)Oc3c(C)c(O)c4c(O)c(c(/C=[N+](/[O-])N5CCN(C)CC5)c(O)c4c3C2=O)NC(=O)/C(C)=C\C=C\[C@H](C)[C@H](O)[C@@H](C)[C@@H](O)[C@@H](C)[C@H](OC(C)=O)[C@@H]1C. The van der Waals surface area contributed by atoms with Crippen LogP contribution in [0.2, 0.25) is 0 Å². The maximum atomic E-state index is 14.4. The number of anilines is 1. The zero-order valence-electron chi connectivity index (χ0n) is 35.8. The minimum atomic E-state index is -2.10. The van der Waals surface area contributed by atoms with Crippen LogP contribution >= 0.6 is 0 Å². The highest BCUT2D eigenvalue weighted by Gasteiger charge is 2.50. The average molecular weight is 839 g/mol. The lowest BCUT2D eigenvalue weighted by atomic mass is 9.78. The van der Waals surface area contributed by atoms with Gasteiger partial charge in [0.15, 0.2) is 5.75 Å². The summed E-state index contributed by atoms with van der Waals surface area (Å²) in [6.45, 7) is 14.1. The van der Waals surface area contributed by atoms with E-state index in [9.17, 15) is 45.1 Å². The van der Waals surface area contributed by atoms with E-state index in [2.05, 4.69) is 5.32 Å². The second kappa shape index (κ2) is 18.1. The Kier molecular flexibility index (Phi) is 13.8. The molecule has 0 spiro atoms. The first-order valence-corrected chi connectivity index (χ1v) is 20.0. The zero-order chi connectivity index (χ0) is 44.5. The van der Waals surface area contributed by atoms with Gasteiger partial charge in [0.25, 0.3) is 11.7 Å². The molecule has 1 fully saturated rings. The van der Waals surface area contributed by atoms with Crippen LogP contribution in [-0.4, -0.2) is 135 Å². The van der Waals surface area contributed by atoms with Gasteiger partial charge in [0.05, 0.1) is 48.6 Å². The van der Waals surface area contributed by atoms with Crippen molar-refractivity contribution in [2.24, 2.45) is 23.7 Å². The molecule has 328 valence electrons. The highest BCUT2D eigenvalue weighted by Crippen LogP contribution is 2.55. The van der Waals surface area contributed by atoms with Crippen molar-refractivity contribution in [1.82, 2.24) is 9.91 Å². The lowest BCUT2D eigenvalue weighted by molar-refractivity contribution is -0.636. The number of phenols is 3. The molecule has 0 aromatic heterocycles. The molecular formula is C43H58N4O13. The number of Topliss-reactive ketones (excluding diaryl/α,β-unsaturated/α-hetero) is 1. The number of nitrogens with one attached hydrogen (secondary N) is 1. The van der Waals surface area contributed by atoms with Gasteiger partial charge in [-0.15, -0.1) is 0 Å². The maximum Gasteiger partial charge on any atom is 0.312 e. The van der Waals surface area contributed by atoms with Gasteiger partial charge in [-0.25, -0.2) is 0 Å². The van der Waals surface area contributed by atoms with Gasteiger partial charge in [-0.3, -0.25) is 14.4 Å². The van der Waals surface area contributed by atoms with Crippen molar-refractivity contribution in [3.05, 3.63) is 58.0 Å². The molecule has 5 bridgehead atoms. The molecule has 6 N–H and O–H groups in total. The van der Waals surface area contributed by atoms with Crippen LogP contribution in [0, 0.1) is 35.8 Å². The predicted octanol–water partition coefficient (Wildman–Crippen LogP) is 3.85. The number of ketones is 1. The van der Waals surface area contributed by atoms with Crippen molar-refractivity contribution in [2.45, 2.75) is 85.6 Å². The molecule has 2 aromatic carbocycles. The molecule has 9 atom stereocenters. The zero-order valence-corrected chi connectivity index (χ0v) is 35.8. The number of carbonyl (C=O) groups is 3. The standard InChI is InChI=1S/C43H58N4O13/c1-21-12-11-13-22(2)42(55)44-33-28(20-47(56)46-17-15-45(9)16-18-46)37(52)30-31(38(33)53)36(51)26(6)40-32(30)41(54)43(8,60-40)58-19-14-29(57-10)23(3)39(59-27(7)48)25(5)35(50)24(4)34(21)49/h11-14,19-21,23-25,29,34-35,39,49-53H,15-18H2,1-10H3,(H,44,55)/b12-11+,19-14+,22-13-,47-20+/t21-,23+,24+,25+,29-,34-,35+,39+,43-/m0/s1. The van der Waals surface area contributed by atoms with E-state index in [0.717, 1.165) is 6.21 Å². The van der Waals surface area contributed by atoms with Crippen LogP contribution in [0.3, 0.4) is 0 Å². The van der Waals surface area contributed by atoms with Crippen molar-refractivity contribution < 1.29 is 63.7 Å². The van der Waals surface area contributed by atoms with Crippen LogP contribution in [0.1, 0.15) is 70.0 Å². The average Bonchev–Trinajstić information content (AvgIpc) is 3.47. The molecule has 1 saturated heterocycles. The topological polar surface area (TPSA) is 234 Å². The number of hydrazine groups is 1. The molecular weight excluding hydrogens is 780 g/mol. The van der Waals surface area contributed by atoms with Gasteiger partial charge < -0.3 is 59.9 Å². The van der Waals surface area contributed by atoms with E-state index in [1.54, 1.807) is 39.8 Å². The summed E-state index contributed by atoms with van der Waals surface area (Å²) in [6.07, 6.45) is 4.29. The summed E-state index contributed by atoms with van der Waals surface area (Å²) in [5.41, 5.74) is -0.917. The molecule has 6 rings (SSSR count). The Morgan fingerprint density at radius 1 is 0.967 bits per heavy atom. The number of aromatic hydroxyl groups is 3. The fourth-order valence-corrected chi connectivity index (χ4v) is 8.06. The Morgan fingerprint density at radius 2 is 1.62 bits per heavy atom. The number of phenolic OH excluding ortho intramolecular Hbond substituents is 3. The maximum absolute atomic E-state index is 14.4. The van der Waals surface area contributed by atoms with E-state index in [4.69, 9.17) is 18.9 Å². The molecule has 0 aliphatic carbocycles. The van der Waals surface area contributed by atoms with Gasteiger partial charge in [0.1, 0.15) is 34.6 Å². The summed E-state index contributed by atoms with van der Waals surface area (Å²) in [5, 5.41) is 75.4. The second-order valence-corrected chi connectivity index (χ2v) is 16.3. The van der Waals surface area contributed by atoms with E-state index in [-0.39, 0.29) is 38.8 Å². The number of nitrogens with zero attached hydrogens (tertiary/aromatic N) is 3. The van der Waals surface area contributed by atoms with Gasteiger partial charge in [-0.1, -0.05) is 50.8 Å². The molecule has 17 heteroatoms. The third-order valence-corrected chi connectivity index (χ3v) is 12.0. The van der Waals surface area contributed by atoms with Crippen LogP contribution < -0.4 is 10.1 Å². The lowest BCUT2D eigenvalue weighted by Crippen LogP contribution is -2.47. The molecule has 0 radical (unpaired) electrons. The van der Waals surface area contributed by atoms with Gasteiger partial charge in [0.2, 0.25) is 6.21 Å². The molecule has 1 amide bonds. The number of fused-ring (bicyclic) bond motifs is 14. The van der Waals surface area contributed by atoms with Crippen molar-refractivity contribution in [2.75, 3.05) is 45.7 Å². The largest absolute Gasteiger partial charge is 0.596 e. The number of rotatable bonds is 4. The molecule has 4 aliphatic rings. The van der Waals surface area contributed by atoms with Gasteiger partial charge >= 0.3 is 11.8 Å². The van der Waals surface area contributed by atoms with E-state index >= 15 is 0 Å². The Bertz CT molecular complexity index is 2120. The van der Waals surface area contributed by atoms with Crippen molar-refractivity contribution in [3.63, 3.8) is 0 Å². The number of amides is 1. The molecule has 0 unspecified atom stereocenters. The van der Waals surface area contributed by atoms with Crippen LogP contribution in [0.5, 0.6) is 23.0 Å². The van der Waals surface area contributed by atoms with Gasteiger partial charge in [0, 0.05) is 74.2 Å². The number of ether oxygens (including phenoxy) is 4. The van der Waals surface area contributed by atoms with Crippen LogP contribution in [-0.2, 0) is 23.8 Å². The van der Waals surface area contributed by atoms with Crippen molar-refractivity contribution in [3.8, 4) is 23.0 Å². The fraction of sp³-hybridized carbons (Fsp3) is 0.535. The van der Waals surface area contributed by atoms with Crippen LogP contribution in [0.4, 0.5) is 5.69 Å². The van der Waals surface area contributed by atoms with E-state index < -0.39 is 94.5 Å². The van der Waals surface area contributed by atoms with E-state index in [1.807, 2.05) is 11.9 Å². The number of methoxy groups -OCH3 is 1. The van der Waals surface area contributed by atoms with Gasteiger partial charge in [-0.05, 0) is 27.0 Å². The molecule has 0 saturated carbocycles. The molecule has 4 heterocycles. The highest BCUT2D eigenvalue weighted by molar-refractivity contribution is 6.23. The first-order chi connectivity index (χ1) is 28.1. The summed E-state index contributed by atoms with van der Waals surface area (Å²) in [7, 11) is 3.33. The smallest absolute Gasteiger partial charge is 0.312 e. The second-order valence-electron chi connectivity index (χ2n) is 16.3.